The number of carbonyl (C=O) groups is 1. The summed E-state index contributed by atoms with van der Waals surface area (Å²) in [5, 5.41) is 20.9. The van der Waals surface area contributed by atoms with Gasteiger partial charge in [-0.25, -0.2) is 0 Å². The first-order chi connectivity index (χ1) is 16.1. The molecule has 1 aliphatic carbocycles. The molecular formula is C23H24N6O3S. The van der Waals surface area contributed by atoms with Gasteiger partial charge in [0.05, 0.1) is 10.7 Å². The summed E-state index contributed by atoms with van der Waals surface area (Å²) in [4.78, 5) is 27.7. The molecule has 5 rings (SSSR count). The van der Waals surface area contributed by atoms with Gasteiger partial charge in [0.1, 0.15) is 11.5 Å². The molecule has 170 valence electrons. The van der Waals surface area contributed by atoms with Crippen LogP contribution in [0.3, 0.4) is 0 Å². The highest BCUT2D eigenvalue weighted by Crippen LogP contribution is 2.41. The number of aromatic nitrogens is 3. The van der Waals surface area contributed by atoms with Crippen molar-refractivity contribution >= 4 is 29.0 Å². The molecule has 2 heterocycles. The zero-order chi connectivity index (χ0) is 22.8. The highest BCUT2D eigenvalue weighted by atomic mass is 32.2. The Morgan fingerprint density at radius 3 is 2.39 bits per heavy atom. The fourth-order valence-corrected chi connectivity index (χ4v) is 4.96. The Balaban J connectivity index is 1.22. The quantitative estimate of drug-likeness (QED) is 0.300. The predicted octanol–water partition coefficient (Wildman–Crippen LogP) is 3.49. The smallest absolute Gasteiger partial charge is 0.292 e. The Morgan fingerprint density at radius 1 is 1.00 bits per heavy atom. The second-order valence-electron chi connectivity index (χ2n) is 8.19. The molecule has 1 saturated heterocycles. The van der Waals surface area contributed by atoms with E-state index in [2.05, 4.69) is 14.8 Å². The molecule has 9 nitrogen and oxygen atoms in total. The van der Waals surface area contributed by atoms with E-state index in [1.54, 1.807) is 18.2 Å². The van der Waals surface area contributed by atoms with Crippen molar-refractivity contribution in [1.82, 2.24) is 19.7 Å². The van der Waals surface area contributed by atoms with Gasteiger partial charge < -0.3 is 9.80 Å². The maximum Gasteiger partial charge on any atom is 0.292 e. The summed E-state index contributed by atoms with van der Waals surface area (Å²) >= 11 is 1.41. The van der Waals surface area contributed by atoms with Crippen LogP contribution in [-0.2, 0) is 4.79 Å². The minimum atomic E-state index is -0.359. The number of piperazine rings is 1. The van der Waals surface area contributed by atoms with Crippen LogP contribution >= 0.6 is 11.8 Å². The van der Waals surface area contributed by atoms with E-state index in [0.29, 0.717) is 37.8 Å². The van der Waals surface area contributed by atoms with E-state index < -0.39 is 0 Å². The number of nitrogens with zero attached hydrogens (tertiary/aromatic N) is 6. The fraction of sp³-hybridized carbons (Fsp3) is 0.348. The van der Waals surface area contributed by atoms with Crippen LogP contribution in [0.25, 0.3) is 5.69 Å². The predicted molar refractivity (Wildman–Crippen MR) is 126 cm³/mol. The number of anilines is 1. The Bertz CT molecular complexity index is 1160. The second-order valence-corrected chi connectivity index (χ2v) is 9.13. The van der Waals surface area contributed by atoms with Crippen LogP contribution in [-0.4, -0.2) is 62.4 Å². The van der Waals surface area contributed by atoms with Crippen molar-refractivity contribution in [2.45, 2.75) is 23.9 Å². The average Bonchev–Trinajstić information content (AvgIpc) is 3.62. The molecule has 0 radical (unpaired) electrons. The number of hydrogen-bond acceptors (Lipinski definition) is 7. The van der Waals surface area contributed by atoms with Gasteiger partial charge in [-0.15, -0.1) is 10.2 Å². The highest BCUT2D eigenvalue weighted by molar-refractivity contribution is 7.99. The van der Waals surface area contributed by atoms with Crippen molar-refractivity contribution in [2.24, 2.45) is 0 Å². The van der Waals surface area contributed by atoms with Crippen molar-refractivity contribution in [3.8, 4) is 5.69 Å². The number of hydrogen-bond donors (Lipinski definition) is 0. The van der Waals surface area contributed by atoms with Crippen LogP contribution in [0.4, 0.5) is 11.4 Å². The first-order valence-electron chi connectivity index (χ1n) is 11.0. The maximum absolute atomic E-state index is 12.9. The summed E-state index contributed by atoms with van der Waals surface area (Å²) < 4.78 is 2.07. The van der Waals surface area contributed by atoms with Gasteiger partial charge in [0, 0.05) is 43.9 Å². The van der Waals surface area contributed by atoms with Gasteiger partial charge >= 0.3 is 0 Å². The van der Waals surface area contributed by atoms with Gasteiger partial charge in [-0.3, -0.25) is 19.5 Å². The zero-order valence-corrected chi connectivity index (χ0v) is 18.9. The van der Waals surface area contributed by atoms with Crippen molar-refractivity contribution < 1.29 is 9.72 Å². The lowest BCUT2D eigenvalue weighted by Gasteiger charge is -2.35. The summed E-state index contributed by atoms with van der Waals surface area (Å²) in [5.74, 6) is 1.73. The molecule has 0 N–H and O–H groups in total. The van der Waals surface area contributed by atoms with Gasteiger partial charge in [-0.05, 0) is 31.0 Å². The molecule has 1 amide bonds. The lowest BCUT2D eigenvalue weighted by atomic mass is 10.2. The molecule has 0 atom stereocenters. The van der Waals surface area contributed by atoms with Crippen LogP contribution < -0.4 is 4.90 Å². The molecule has 3 aromatic rings. The number of rotatable bonds is 7. The number of carbonyl (C=O) groups excluding carboxylic acids is 1. The minimum Gasteiger partial charge on any atom is -0.362 e. The molecule has 2 aliphatic rings. The van der Waals surface area contributed by atoms with Crippen LogP contribution in [0.1, 0.15) is 24.6 Å². The average molecular weight is 465 g/mol. The fourth-order valence-electron chi connectivity index (χ4n) is 4.10. The molecule has 2 aromatic carbocycles. The third-order valence-corrected chi connectivity index (χ3v) is 6.91. The molecule has 33 heavy (non-hydrogen) atoms. The van der Waals surface area contributed by atoms with Gasteiger partial charge in [0.25, 0.3) is 5.69 Å². The normalized spacial score (nSPS) is 16.1. The minimum absolute atomic E-state index is 0.0396. The van der Waals surface area contributed by atoms with Crippen LogP contribution in [0.15, 0.2) is 59.8 Å². The van der Waals surface area contributed by atoms with E-state index in [4.69, 9.17) is 0 Å². The molecule has 1 saturated carbocycles. The molecule has 2 fully saturated rings. The van der Waals surface area contributed by atoms with Gasteiger partial charge in [-0.1, -0.05) is 42.1 Å². The van der Waals surface area contributed by atoms with Gasteiger partial charge in [-0.2, -0.15) is 0 Å². The SMILES string of the molecule is O=C(CSc1nnc(C2CC2)n1-c1ccccc1)N1CCN(c2ccccc2[N+](=O)[O-])CC1. The Labute approximate surface area is 195 Å². The number of nitro benzene ring substituents is 1. The number of benzene rings is 2. The summed E-state index contributed by atoms with van der Waals surface area (Å²) in [6.45, 7) is 2.19. The summed E-state index contributed by atoms with van der Waals surface area (Å²) in [6, 6.07) is 16.8. The van der Waals surface area contributed by atoms with E-state index in [9.17, 15) is 14.9 Å². The number of nitro groups is 1. The maximum atomic E-state index is 12.9. The van der Waals surface area contributed by atoms with Gasteiger partial charge in [0.15, 0.2) is 5.16 Å². The lowest BCUT2D eigenvalue weighted by Crippen LogP contribution is -2.49. The lowest BCUT2D eigenvalue weighted by molar-refractivity contribution is -0.384. The summed E-state index contributed by atoms with van der Waals surface area (Å²) in [5.41, 5.74) is 1.71. The van der Waals surface area contributed by atoms with E-state index in [1.807, 2.05) is 40.1 Å². The van der Waals surface area contributed by atoms with Crippen molar-refractivity contribution in [1.29, 1.82) is 0 Å². The third-order valence-electron chi connectivity index (χ3n) is 5.99. The molecule has 0 unspecified atom stereocenters. The molecule has 1 aliphatic heterocycles. The molecule has 0 bridgehead atoms. The van der Waals surface area contributed by atoms with E-state index >= 15 is 0 Å². The van der Waals surface area contributed by atoms with E-state index in [1.165, 1.54) is 17.8 Å². The molecule has 1 aromatic heterocycles. The Kier molecular flexibility index (Phi) is 5.99. The standard InChI is InChI=1S/C23H24N6O3S/c30-21(27-14-12-26(13-15-27)19-8-4-5-9-20(19)29(31)32)16-33-23-25-24-22(17-10-11-17)28(23)18-6-2-1-3-7-18/h1-9,17H,10-16H2. The first-order valence-corrected chi connectivity index (χ1v) is 12.0. The molecular weight excluding hydrogens is 440 g/mol. The number of para-hydroxylation sites is 3. The van der Waals surface area contributed by atoms with Crippen molar-refractivity contribution in [2.75, 3.05) is 36.8 Å². The molecule has 10 heteroatoms. The summed E-state index contributed by atoms with van der Waals surface area (Å²) in [6.07, 6.45) is 2.25. The summed E-state index contributed by atoms with van der Waals surface area (Å²) in [7, 11) is 0. The number of amides is 1. The second kappa shape index (κ2) is 9.22. The zero-order valence-electron chi connectivity index (χ0n) is 18.0. The van der Waals surface area contributed by atoms with Crippen LogP contribution in [0, 0.1) is 10.1 Å². The van der Waals surface area contributed by atoms with Gasteiger partial charge in [0.2, 0.25) is 5.91 Å². The highest BCUT2D eigenvalue weighted by Gasteiger charge is 2.31. The largest absolute Gasteiger partial charge is 0.362 e. The van der Waals surface area contributed by atoms with E-state index in [0.717, 1.165) is 29.5 Å². The van der Waals surface area contributed by atoms with Crippen molar-refractivity contribution in [3.05, 3.63) is 70.5 Å². The van der Waals surface area contributed by atoms with Crippen LogP contribution in [0.2, 0.25) is 0 Å². The number of thioether (sulfide) groups is 1. The molecule has 0 spiro atoms. The van der Waals surface area contributed by atoms with Crippen LogP contribution in [0.5, 0.6) is 0 Å². The third kappa shape index (κ3) is 4.56. The Morgan fingerprint density at radius 2 is 1.70 bits per heavy atom. The van der Waals surface area contributed by atoms with Crippen molar-refractivity contribution in [3.63, 3.8) is 0 Å². The Hall–Kier alpha value is -3.40. The topological polar surface area (TPSA) is 97.4 Å². The monoisotopic (exact) mass is 464 g/mol. The first kappa shape index (κ1) is 21.4. The van der Waals surface area contributed by atoms with E-state index in [-0.39, 0.29) is 22.3 Å².